The van der Waals surface area contributed by atoms with Gasteiger partial charge in [-0.15, -0.1) is 10.2 Å². The van der Waals surface area contributed by atoms with Crippen molar-refractivity contribution in [2.75, 3.05) is 19.7 Å². The minimum atomic E-state index is -3.87. The number of nitrogens with zero attached hydrogens (tertiary/aromatic N) is 4. The van der Waals surface area contributed by atoms with E-state index in [1.807, 2.05) is 6.07 Å². The van der Waals surface area contributed by atoms with Crippen LogP contribution < -0.4 is 5.32 Å². The molecule has 11 heteroatoms. The maximum absolute atomic E-state index is 13.2. The quantitative estimate of drug-likeness (QED) is 0.394. The Kier molecular flexibility index (Phi) is 5.75. The molecule has 3 heterocycles. The van der Waals surface area contributed by atoms with E-state index in [2.05, 4.69) is 36.5 Å². The van der Waals surface area contributed by atoms with Crippen molar-refractivity contribution in [2.24, 2.45) is 5.92 Å². The fourth-order valence-corrected chi connectivity index (χ4v) is 7.02. The molecule has 0 radical (unpaired) electrons. The highest BCUT2D eigenvalue weighted by molar-refractivity contribution is 9.10. The van der Waals surface area contributed by atoms with Crippen LogP contribution in [-0.2, 0) is 21.2 Å². The van der Waals surface area contributed by atoms with Crippen molar-refractivity contribution < 1.29 is 17.6 Å². The predicted octanol–water partition coefficient (Wildman–Crippen LogP) is 3.79. The Morgan fingerprint density at radius 3 is 2.86 bits per heavy atom. The predicted molar refractivity (Wildman–Crippen MR) is 132 cm³/mol. The van der Waals surface area contributed by atoms with Gasteiger partial charge in [-0.05, 0) is 43.0 Å². The van der Waals surface area contributed by atoms with Crippen LogP contribution in [0.15, 0.2) is 62.4 Å². The molecule has 35 heavy (non-hydrogen) atoms. The number of benzene rings is 2. The maximum Gasteiger partial charge on any atom is 0.283 e. The molecular formula is C24H24BrN5O4S. The molecule has 2 atom stereocenters. The first-order valence-electron chi connectivity index (χ1n) is 11.6. The van der Waals surface area contributed by atoms with Crippen LogP contribution in [0.3, 0.4) is 0 Å². The van der Waals surface area contributed by atoms with Gasteiger partial charge in [0.05, 0.1) is 34.4 Å². The fourth-order valence-electron chi connectivity index (χ4n) is 5.29. The van der Waals surface area contributed by atoms with E-state index in [0.717, 1.165) is 43.0 Å². The first-order chi connectivity index (χ1) is 17.0. The average molecular weight is 558 g/mol. The molecule has 9 nitrogen and oxygen atoms in total. The third-order valence-corrected chi connectivity index (χ3v) is 9.07. The number of ether oxygens (including phenoxy) is 1. The van der Waals surface area contributed by atoms with Crippen molar-refractivity contribution in [3.63, 3.8) is 0 Å². The molecule has 1 saturated heterocycles. The van der Waals surface area contributed by atoms with Gasteiger partial charge in [0.2, 0.25) is 11.8 Å². The SMILES string of the molecule is O=S(=O)(c1ccccc1)n1ncc2c(-c3nnc(CC4CCCC45CNCCO5)o3)cc(Br)cc21. The number of aromatic nitrogens is 4. The zero-order valence-corrected chi connectivity index (χ0v) is 21.3. The Labute approximate surface area is 211 Å². The summed E-state index contributed by atoms with van der Waals surface area (Å²) < 4.78 is 40.5. The van der Waals surface area contributed by atoms with E-state index in [1.54, 1.807) is 36.4 Å². The summed E-state index contributed by atoms with van der Waals surface area (Å²) >= 11 is 3.50. The lowest BCUT2D eigenvalue weighted by Crippen LogP contribution is -2.52. The van der Waals surface area contributed by atoms with Gasteiger partial charge in [0.25, 0.3) is 10.0 Å². The number of halogens is 1. The minimum Gasteiger partial charge on any atom is -0.421 e. The topological polar surface area (TPSA) is 112 Å². The van der Waals surface area contributed by atoms with Crippen molar-refractivity contribution in [3.8, 4) is 11.5 Å². The largest absolute Gasteiger partial charge is 0.421 e. The molecule has 1 aliphatic heterocycles. The third kappa shape index (κ3) is 4.00. The van der Waals surface area contributed by atoms with Gasteiger partial charge in [0.1, 0.15) is 0 Å². The first-order valence-corrected chi connectivity index (χ1v) is 13.8. The minimum absolute atomic E-state index is 0.163. The molecule has 1 spiro atoms. The molecule has 4 aromatic rings. The second-order valence-corrected chi connectivity index (χ2v) is 11.8. The molecule has 2 aliphatic rings. The van der Waals surface area contributed by atoms with E-state index in [9.17, 15) is 8.42 Å². The summed E-state index contributed by atoms with van der Waals surface area (Å²) in [5, 5.41) is 16.9. The van der Waals surface area contributed by atoms with Crippen LogP contribution in [0, 0.1) is 5.92 Å². The van der Waals surface area contributed by atoms with Crippen LogP contribution in [0.4, 0.5) is 0 Å². The lowest BCUT2D eigenvalue weighted by Gasteiger charge is -2.39. The number of hydrogen-bond acceptors (Lipinski definition) is 8. The zero-order chi connectivity index (χ0) is 24.0. The number of hydrogen-bond donors (Lipinski definition) is 1. The fraction of sp³-hybridized carbons (Fsp3) is 0.375. The van der Waals surface area contributed by atoms with Crippen molar-refractivity contribution in [3.05, 3.63) is 59.0 Å². The molecule has 6 rings (SSSR count). The standard InChI is InChI=1S/C24H24BrN5O4S/c25-17-12-19(20-14-27-30(21(20)13-17)35(31,32)18-6-2-1-3-7-18)23-29-28-22(34-23)11-16-5-4-8-24(16)15-26-9-10-33-24/h1-3,6-7,12-14,16,26H,4-5,8-11,15H2. The van der Waals surface area contributed by atoms with E-state index >= 15 is 0 Å². The van der Waals surface area contributed by atoms with Crippen LogP contribution in [0.2, 0.25) is 0 Å². The van der Waals surface area contributed by atoms with E-state index in [0.29, 0.717) is 45.1 Å². The molecule has 0 amide bonds. The van der Waals surface area contributed by atoms with Crippen molar-refractivity contribution in [2.45, 2.75) is 36.2 Å². The summed E-state index contributed by atoms with van der Waals surface area (Å²) in [6.45, 7) is 2.45. The Hall–Kier alpha value is -2.60. The second-order valence-electron chi connectivity index (χ2n) is 9.08. The van der Waals surface area contributed by atoms with Gasteiger partial charge in [0.15, 0.2) is 0 Å². The van der Waals surface area contributed by atoms with E-state index in [4.69, 9.17) is 9.15 Å². The maximum atomic E-state index is 13.2. The summed E-state index contributed by atoms with van der Waals surface area (Å²) in [4.78, 5) is 0.163. The molecule has 2 aromatic heterocycles. The van der Waals surface area contributed by atoms with Gasteiger partial charge >= 0.3 is 0 Å². The number of fused-ring (bicyclic) bond motifs is 1. The first kappa shape index (κ1) is 22.8. The highest BCUT2D eigenvalue weighted by Gasteiger charge is 2.45. The molecule has 2 unspecified atom stereocenters. The van der Waals surface area contributed by atoms with Gasteiger partial charge in [-0.3, -0.25) is 0 Å². The third-order valence-electron chi connectivity index (χ3n) is 7.00. The lowest BCUT2D eigenvalue weighted by atomic mass is 9.87. The van der Waals surface area contributed by atoms with Crippen LogP contribution in [-0.4, -0.2) is 53.1 Å². The summed E-state index contributed by atoms with van der Waals surface area (Å²) in [6.07, 6.45) is 5.38. The Bertz CT molecular complexity index is 1480. The van der Waals surface area contributed by atoms with Crippen molar-refractivity contribution in [1.82, 2.24) is 24.7 Å². The molecule has 2 fully saturated rings. The van der Waals surface area contributed by atoms with Crippen molar-refractivity contribution >= 4 is 36.9 Å². The summed E-state index contributed by atoms with van der Waals surface area (Å²) in [6, 6.07) is 11.8. The summed E-state index contributed by atoms with van der Waals surface area (Å²) in [5.74, 6) is 1.19. The van der Waals surface area contributed by atoms with Gasteiger partial charge in [-0.2, -0.15) is 17.6 Å². The van der Waals surface area contributed by atoms with Gasteiger partial charge in [-0.1, -0.05) is 40.5 Å². The van der Waals surface area contributed by atoms with E-state index < -0.39 is 10.0 Å². The van der Waals surface area contributed by atoms with Crippen LogP contribution in [0.25, 0.3) is 22.4 Å². The Balaban J connectivity index is 1.34. The van der Waals surface area contributed by atoms with Crippen molar-refractivity contribution in [1.29, 1.82) is 0 Å². The van der Waals surface area contributed by atoms with Crippen LogP contribution >= 0.6 is 15.9 Å². The van der Waals surface area contributed by atoms with Gasteiger partial charge in [-0.25, -0.2) is 0 Å². The Morgan fingerprint density at radius 1 is 1.20 bits per heavy atom. The molecule has 1 aliphatic carbocycles. The average Bonchev–Trinajstić information content (AvgIpc) is 3.60. The van der Waals surface area contributed by atoms with Gasteiger partial charge in [0, 0.05) is 29.4 Å². The molecule has 2 aromatic carbocycles. The summed E-state index contributed by atoms with van der Waals surface area (Å²) in [7, 11) is -3.87. The molecule has 1 N–H and O–H groups in total. The second kappa shape index (κ2) is 8.81. The summed E-state index contributed by atoms with van der Waals surface area (Å²) in [5.41, 5.74) is 0.886. The van der Waals surface area contributed by atoms with Crippen LogP contribution in [0.5, 0.6) is 0 Å². The van der Waals surface area contributed by atoms with Crippen LogP contribution in [0.1, 0.15) is 25.2 Å². The Morgan fingerprint density at radius 2 is 2.06 bits per heavy atom. The molecular weight excluding hydrogens is 534 g/mol. The molecule has 182 valence electrons. The molecule has 0 bridgehead atoms. The smallest absolute Gasteiger partial charge is 0.283 e. The monoisotopic (exact) mass is 557 g/mol. The normalized spacial score (nSPS) is 22.8. The molecule has 1 saturated carbocycles. The highest BCUT2D eigenvalue weighted by atomic mass is 79.9. The lowest BCUT2D eigenvalue weighted by molar-refractivity contribution is -0.0911. The number of nitrogens with one attached hydrogen (secondary N) is 1. The number of rotatable bonds is 5. The van der Waals surface area contributed by atoms with Gasteiger partial charge < -0.3 is 14.5 Å². The highest BCUT2D eigenvalue weighted by Crippen LogP contribution is 2.41. The van der Waals surface area contributed by atoms with E-state index in [1.165, 1.54) is 6.20 Å². The zero-order valence-electron chi connectivity index (χ0n) is 18.9. The number of morpholine rings is 1. The van der Waals surface area contributed by atoms with E-state index in [-0.39, 0.29) is 10.5 Å².